The molecule has 0 aliphatic heterocycles. The molecule has 0 amide bonds. The van der Waals surface area contributed by atoms with E-state index in [1.165, 1.54) is 45.2 Å². The van der Waals surface area contributed by atoms with Crippen molar-refractivity contribution >= 4 is 29.8 Å². The maximum atomic E-state index is 12.0. The van der Waals surface area contributed by atoms with Gasteiger partial charge < -0.3 is 71.3 Å². The van der Waals surface area contributed by atoms with Crippen molar-refractivity contribution in [1.82, 2.24) is 0 Å². The Kier molecular flexibility index (Phi) is 66.5. The number of carbonyl (C=O) groups excluding carboxylic acids is 5. The summed E-state index contributed by atoms with van der Waals surface area (Å²) in [5.41, 5.74) is 3.11. The third-order valence-corrected chi connectivity index (χ3v) is 15.9. The summed E-state index contributed by atoms with van der Waals surface area (Å²) in [6.45, 7) is 36.8. The van der Waals surface area contributed by atoms with Gasteiger partial charge in [0.1, 0.15) is 65.8 Å². The summed E-state index contributed by atoms with van der Waals surface area (Å²) < 4.78 is 35.5. The maximum Gasteiger partial charge on any atom is 0.338 e. The first-order valence-corrected chi connectivity index (χ1v) is 35.4. The summed E-state index contributed by atoms with van der Waals surface area (Å²) in [5.74, 6) is -1.14. The molecule has 5 rings (SSSR count). The van der Waals surface area contributed by atoms with Crippen molar-refractivity contribution in [2.45, 2.75) is 94.4 Å². The fourth-order valence-electron chi connectivity index (χ4n) is 9.79. The van der Waals surface area contributed by atoms with Crippen LogP contribution in [0.3, 0.4) is 0 Å². The first kappa shape index (κ1) is 102. The minimum atomic E-state index is -0.246. The van der Waals surface area contributed by atoms with Gasteiger partial charge in [0.15, 0.2) is 0 Å². The zero-order valence-electron chi connectivity index (χ0n) is 65.9. The first-order valence-electron chi connectivity index (χ1n) is 35.4. The second-order valence-corrected chi connectivity index (χ2v) is 25.0. The number of aliphatic hydroxyl groups excluding tert-OH is 4. The average molecular weight is 1410 g/mol. The number of unbranched alkanes of at least 4 members (excludes halogenated alkanes) is 1. The summed E-state index contributed by atoms with van der Waals surface area (Å²) in [6, 6.07) is 45.7. The molecule has 100 heavy (non-hydrogen) atoms. The lowest BCUT2D eigenvalue weighted by Crippen LogP contribution is -2.51. The van der Waals surface area contributed by atoms with Gasteiger partial charge in [-0.15, -0.1) is 0 Å². The summed E-state index contributed by atoms with van der Waals surface area (Å²) in [6.07, 6.45) is 5.96. The Labute approximate surface area is 605 Å². The number of benzene rings is 5. The topological polar surface area (TPSA) is 222 Å². The van der Waals surface area contributed by atoms with Crippen LogP contribution in [-0.2, 0) is 28.4 Å². The molecule has 5 aromatic carbocycles. The van der Waals surface area contributed by atoms with Gasteiger partial charge in [-0.2, -0.15) is 0 Å². The summed E-state index contributed by atoms with van der Waals surface area (Å²) >= 11 is 0. The number of esters is 5. The Bertz CT molecular complexity index is 2580. The molecule has 20 heteroatoms. The number of likely N-dealkylation sites (N-methyl/N-ethyl adjacent to an activating group) is 5. The second-order valence-electron chi connectivity index (χ2n) is 25.0. The van der Waals surface area contributed by atoms with Gasteiger partial charge in [0.2, 0.25) is 0 Å². The fourth-order valence-corrected chi connectivity index (χ4v) is 9.79. The number of nitrogens with zero attached hydrogens (tertiary/aromatic N) is 5. The van der Waals surface area contributed by atoms with E-state index in [4.69, 9.17) is 44.1 Å². The van der Waals surface area contributed by atoms with E-state index in [2.05, 4.69) is 109 Å². The van der Waals surface area contributed by atoms with Crippen LogP contribution in [0.4, 0.5) is 0 Å². The van der Waals surface area contributed by atoms with Crippen molar-refractivity contribution in [3.8, 4) is 0 Å². The lowest BCUT2D eigenvalue weighted by atomic mass is 10.2. The Morgan fingerprint density at radius 3 is 0.620 bits per heavy atom. The van der Waals surface area contributed by atoms with Crippen LogP contribution in [0.2, 0.25) is 0 Å². The highest BCUT2D eigenvalue weighted by atomic mass is 16.5. The Balaban J connectivity index is -0.000000364. The average Bonchev–Trinajstić information content (AvgIpc) is 0.900. The molecular weight excluding hydrogens is 1270 g/mol. The zero-order chi connectivity index (χ0) is 77.2. The van der Waals surface area contributed by atoms with E-state index in [-0.39, 0.29) is 29.8 Å². The molecule has 0 saturated carbocycles. The number of hydrogen-bond acceptors (Lipinski definition) is 15. The van der Waals surface area contributed by atoms with Crippen molar-refractivity contribution in [2.24, 2.45) is 0 Å². The van der Waals surface area contributed by atoms with Crippen molar-refractivity contribution in [3.63, 3.8) is 0 Å². The molecule has 4 N–H and O–H groups in total. The van der Waals surface area contributed by atoms with Crippen LogP contribution in [0.1, 0.15) is 146 Å². The van der Waals surface area contributed by atoms with E-state index < -0.39 is 0 Å². The van der Waals surface area contributed by atoms with Gasteiger partial charge in [-0.05, 0) is 121 Å². The number of carbonyl (C=O) groups is 5. The molecular formula is C80H140N5O15+5. The predicted molar refractivity (Wildman–Crippen MR) is 408 cm³/mol. The van der Waals surface area contributed by atoms with Crippen molar-refractivity contribution in [3.05, 3.63) is 179 Å². The van der Waals surface area contributed by atoms with E-state index in [1.807, 2.05) is 91.0 Å². The lowest BCUT2D eigenvalue weighted by molar-refractivity contribution is -0.926. The maximum absolute atomic E-state index is 12.0. The molecule has 5 aromatic rings. The molecule has 0 aliphatic carbocycles. The Hall–Kier alpha value is -6.95. The highest BCUT2D eigenvalue weighted by Crippen LogP contribution is 2.14. The summed E-state index contributed by atoms with van der Waals surface area (Å²) in [7, 11) is 19.6. The summed E-state index contributed by atoms with van der Waals surface area (Å²) in [5, 5.41) is 28.0. The van der Waals surface area contributed by atoms with E-state index in [0.717, 1.165) is 129 Å². The number of aliphatic hydroxyl groups is 4. The Morgan fingerprint density at radius 1 is 0.270 bits per heavy atom. The molecule has 0 aliphatic rings. The number of quaternary nitrogens is 5. The molecule has 0 saturated heterocycles. The number of rotatable bonds is 34. The van der Waals surface area contributed by atoms with E-state index in [0.29, 0.717) is 60.9 Å². The van der Waals surface area contributed by atoms with Gasteiger partial charge in [0, 0.05) is 42.7 Å². The number of methoxy groups -OCH3 is 1. The molecule has 0 radical (unpaired) electrons. The highest BCUT2D eigenvalue weighted by Gasteiger charge is 2.26. The largest absolute Gasteiger partial charge is 0.456 e. The molecule has 0 bridgehead atoms. The van der Waals surface area contributed by atoms with Crippen LogP contribution in [0.15, 0.2) is 152 Å². The normalized spacial score (nSPS) is 10.9. The van der Waals surface area contributed by atoms with Gasteiger partial charge in [0.05, 0.1) is 129 Å². The Morgan fingerprint density at radius 2 is 0.450 bits per heavy atom. The van der Waals surface area contributed by atoms with Crippen LogP contribution in [0.5, 0.6) is 0 Å². The fraction of sp³-hybridized carbons (Fsp3) is 0.562. The van der Waals surface area contributed by atoms with Gasteiger partial charge in [-0.3, -0.25) is 0 Å². The van der Waals surface area contributed by atoms with Gasteiger partial charge in [-0.25, -0.2) is 24.0 Å². The van der Waals surface area contributed by atoms with Crippen LogP contribution in [-0.4, -0.2) is 282 Å². The minimum Gasteiger partial charge on any atom is -0.456 e. The zero-order valence-corrected chi connectivity index (χ0v) is 65.9. The second kappa shape index (κ2) is 65.4. The number of hydrogen-bond donors (Lipinski definition) is 4. The van der Waals surface area contributed by atoms with Crippen LogP contribution in [0.25, 0.3) is 0 Å². The minimum absolute atomic E-state index is 0.211. The van der Waals surface area contributed by atoms with E-state index in [9.17, 15) is 24.0 Å². The third kappa shape index (κ3) is 51.2. The molecule has 1 unspecified atom stereocenters. The molecule has 0 fully saturated rings. The predicted octanol–water partition coefficient (Wildman–Crippen LogP) is 11.9. The van der Waals surface area contributed by atoms with Crippen LogP contribution < -0.4 is 0 Å². The molecule has 1 atom stereocenters. The molecule has 20 nitrogen and oxygen atoms in total. The number of ether oxygens (including phenoxy) is 6. The molecule has 0 heterocycles. The third-order valence-electron chi connectivity index (χ3n) is 15.9. The SMILES string of the molecule is CCCC[N+](CC)(CCC)CCOC(=O)c1ccccc1.CCC[N+](CC)(CCC)CCOC(=O)c1ccccc1.CC[N+](CC)(CC)CCOC(=O)c1ccccc1.CO.CO.CO.CO.COC.C[N+](C)(C)CCOC(=O)c1ccccc1.C[N+](C)(C)CCOC(=O)c1ccccc1. The van der Waals surface area contributed by atoms with Gasteiger partial charge >= 0.3 is 29.8 Å². The van der Waals surface area contributed by atoms with E-state index in [1.54, 1.807) is 74.9 Å². The lowest BCUT2D eigenvalue weighted by Gasteiger charge is -2.37. The highest BCUT2D eigenvalue weighted by molar-refractivity contribution is 5.91. The standard InChI is InChI=1S/C18H30NO2.C17H28NO2.C15H24NO2.2C12H18NO2.C2H6O.4CH4O/c1-4-7-14-19(6-3,13-5-2)15-16-21-18(20)17-11-9-8-10-12-17;1-4-12-18(6-3,13-5-2)14-15-20-17(19)16-10-8-7-9-11-16;1-4-16(5-2,6-3)12-13-18-15(17)14-10-8-7-9-11-14;2*1-13(2,3)9-10-15-12(14)11-7-5-4-6-8-11;1-3-2;4*1-2/h8-12H,4-7,13-16H2,1-3H3;7-11H,4-6,12-15H2,1-3H3;7-11H,4-6,12-13H2,1-3H3;2*4-8H,9-10H2,1-3H3;1-2H3;4*2H,1H3/q5*+1;;;;;. The molecule has 0 aromatic heterocycles. The smallest absolute Gasteiger partial charge is 0.338 e. The molecule has 0 spiro atoms. The van der Waals surface area contributed by atoms with Crippen LogP contribution in [0, 0.1) is 0 Å². The van der Waals surface area contributed by atoms with Crippen LogP contribution >= 0.6 is 0 Å². The van der Waals surface area contributed by atoms with E-state index >= 15 is 0 Å². The van der Waals surface area contributed by atoms with Gasteiger partial charge in [-0.1, -0.05) is 125 Å². The summed E-state index contributed by atoms with van der Waals surface area (Å²) in [4.78, 5) is 58.6. The van der Waals surface area contributed by atoms with Crippen molar-refractivity contribution in [2.75, 3.05) is 210 Å². The monoisotopic (exact) mass is 1410 g/mol. The van der Waals surface area contributed by atoms with Crippen molar-refractivity contribution in [1.29, 1.82) is 0 Å². The van der Waals surface area contributed by atoms with Gasteiger partial charge in [0.25, 0.3) is 0 Å². The first-order chi connectivity index (χ1) is 47.9. The quantitative estimate of drug-likeness (QED) is 0.0171. The van der Waals surface area contributed by atoms with Crippen molar-refractivity contribution < 1.29 is 95.2 Å². The molecule has 570 valence electrons.